The fourth-order valence-corrected chi connectivity index (χ4v) is 5.63. The molecule has 6 rings (SSSR count). The van der Waals surface area contributed by atoms with Crippen LogP contribution in [0, 0.1) is 5.82 Å². The Morgan fingerprint density at radius 1 is 1.03 bits per heavy atom. The van der Waals surface area contributed by atoms with E-state index < -0.39 is 17.8 Å². The molecule has 9 heteroatoms. The van der Waals surface area contributed by atoms with E-state index in [1.807, 2.05) is 11.9 Å². The molecule has 8 nitrogen and oxygen atoms in total. The van der Waals surface area contributed by atoms with E-state index in [0.717, 1.165) is 25.2 Å². The molecule has 36 heavy (non-hydrogen) atoms. The first-order valence-electron chi connectivity index (χ1n) is 12.4. The van der Waals surface area contributed by atoms with E-state index in [-0.39, 0.29) is 24.8 Å². The zero-order valence-corrected chi connectivity index (χ0v) is 20.2. The second-order valence-electron chi connectivity index (χ2n) is 9.94. The standard InChI is InChI=1S/C27H28FN5O3/c1-30-7-6-18-3-2-17(12-23(18)30)15-31-8-10-32(11-9-31)24-13-19-16-33(27(36)20(19)14-21(24)28)22-4-5-25(34)29-26(22)35/h2-3,6-7,12-14,22H,4-5,8-11,15-16H2,1H3,(H,29,34,35). The molecule has 4 heterocycles. The Bertz CT molecular complexity index is 1390. The fraction of sp³-hybridized carbons (Fsp3) is 0.370. The lowest BCUT2D eigenvalue weighted by atomic mass is 10.0. The van der Waals surface area contributed by atoms with E-state index in [0.29, 0.717) is 30.8 Å². The van der Waals surface area contributed by atoms with Crippen molar-refractivity contribution in [2.75, 3.05) is 31.1 Å². The third-order valence-electron chi connectivity index (χ3n) is 7.66. The number of aryl methyl sites for hydroxylation is 1. The zero-order valence-electron chi connectivity index (χ0n) is 20.2. The lowest BCUT2D eigenvalue weighted by Gasteiger charge is -2.36. The number of hydrogen-bond acceptors (Lipinski definition) is 5. The summed E-state index contributed by atoms with van der Waals surface area (Å²) in [5.74, 6) is -1.57. The number of hydrogen-bond donors (Lipinski definition) is 1. The van der Waals surface area contributed by atoms with Crippen molar-refractivity contribution in [2.45, 2.75) is 32.0 Å². The van der Waals surface area contributed by atoms with Crippen LogP contribution in [0.15, 0.2) is 42.6 Å². The van der Waals surface area contributed by atoms with E-state index in [1.54, 1.807) is 6.07 Å². The molecule has 0 spiro atoms. The first kappa shape index (κ1) is 22.7. The minimum Gasteiger partial charge on any atom is -0.367 e. The highest BCUT2D eigenvalue weighted by Gasteiger charge is 2.40. The fourth-order valence-electron chi connectivity index (χ4n) is 5.63. The molecule has 2 fully saturated rings. The maximum absolute atomic E-state index is 15.1. The van der Waals surface area contributed by atoms with Gasteiger partial charge in [0.1, 0.15) is 11.9 Å². The first-order valence-corrected chi connectivity index (χ1v) is 12.4. The maximum atomic E-state index is 15.1. The number of fused-ring (bicyclic) bond motifs is 2. The third kappa shape index (κ3) is 3.93. The Kier molecular flexibility index (Phi) is 5.52. The van der Waals surface area contributed by atoms with E-state index in [1.165, 1.54) is 27.4 Å². The number of nitrogens with one attached hydrogen (secondary N) is 1. The molecule has 3 amide bonds. The van der Waals surface area contributed by atoms with Crippen LogP contribution in [-0.2, 0) is 29.7 Å². The van der Waals surface area contributed by atoms with Crippen molar-refractivity contribution in [3.05, 3.63) is 65.1 Å². The summed E-state index contributed by atoms with van der Waals surface area (Å²) in [7, 11) is 2.05. The normalized spacial score (nSPS) is 20.8. The van der Waals surface area contributed by atoms with Gasteiger partial charge in [-0.1, -0.05) is 12.1 Å². The number of amides is 3. The first-order chi connectivity index (χ1) is 17.4. The molecule has 0 aliphatic carbocycles. The largest absolute Gasteiger partial charge is 0.367 e. The number of piperidine rings is 1. The van der Waals surface area contributed by atoms with Gasteiger partial charge in [-0.15, -0.1) is 0 Å². The van der Waals surface area contributed by atoms with Crippen molar-refractivity contribution < 1.29 is 18.8 Å². The number of carbonyl (C=O) groups excluding carboxylic acids is 3. The summed E-state index contributed by atoms with van der Waals surface area (Å²) >= 11 is 0. The van der Waals surface area contributed by atoms with Crippen molar-refractivity contribution in [3.63, 3.8) is 0 Å². The third-order valence-corrected chi connectivity index (χ3v) is 7.66. The van der Waals surface area contributed by atoms with E-state index in [2.05, 4.69) is 45.2 Å². The molecule has 3 aromatic rings. The van der Waals surface area contributed by atoms with Gasteiger partial charge in [0.25, 0.3) is 5.91 Å². The molecule has 1 unspecified atom stereocenters. The van der Waals surface area contributed by atoms with E-state index >= 15 is 4.39 Å². The number of aromatic nitrogens is 1. The minimum atomic E-state index is -0.701. The topological polar surface area (TPSA) is 77.9 Å². The van der Waals surface area contributed by atoms with Crippen molar-refractivity contribution in [1.82, 2.24) is 19.7 Å². The number of carbonyl (C=O) groups is 3. The van der Waals surface area contributed by atoms with Crippen molar-refractivity contribution in [1.29, 1.82) is 0 Å². The Labute approximate surface area is 208 Å². The van der Waals surface area contributed by atoms with Gasteiger partial charge in [0.05, 0.1) is 5.69 Å². The van der Waals surface area contributed by atoms with Gasteiger partial charge in [-0.05, 0) is 47.2 Å². The molecule has 1 atom stereocenters. The summed E-state index contributed by atoms with van der Waals surface area (Å²) < 4.78 is 17.3. The molecule has 1 aromatic heterocycles. The van der Waals surface area contributed by atoms with Crippen LogP contribution in [0.3, 0.4) is 0 Å². The molecule has 2 saturated heterocycles. The van der Waals surface area contributed by atoms with Gasteiger partial charge in [0, 0.05) is 70.0 Å². The number of halogens is 1. The number of nitrogens with zero attached hydrogens (tertiary/aromatic N) is 4. The molecular weight excluding hydrogens is 461 g/mol. The van der Waals surface area contributed by atoms with Crippen LogP contribution < -0.4 is 10.2 Å². The van der Waals surface area contributed by atoms with Gasteiger partial charge in [-0.2, -0.15) is 0 Å². The van der Waals surface area contributed by atoms with Crippen LogP contribution in [-0.4, -0.2) is 64.3 Å². The molecule has 186 valence electrons. The lowest BCUT2D eigenvalue weighted by molar-refractivity contribution is -0.136. The Hall–Kier alpha value is -3.72. The molecule has 3 aliphatic rings. The number of benzene rings is 2. The SMILES string of the molecule is Cn1ccc2ccc(CN3CCN(c4cc5c(cc4F)C(=O)N(C4CCC(=O)NC4=O)C5)CC3)cc21. The minimum absolute atomic E-state index is 0.194. The Morgan fingerprint density at radius 2 is 1.83 bits per heavy atom. The van der Waals surface area contributed by atoms with Gasteiger partial charge in [0.15, 0.2) is 0 Å². The molecule has 2 aromatic carbocycles. The molecule has 0 saturated carbocycles. The average Bonchev–Trinajstić information content (AvgIpc) is 3.38. The van der Waals surface area contributed by atoms with Crippen LogP contribution in [0.1, 0.15) is 34.3 Å². The molecule has 3 aliphatic heterocycles. The summed E-state index contributed by atoms with van der Waals surface area (Å²) in [6.07, 6.45) is 2.55. The highest BCUT2D eigenvalue weighted by Crippen LogP contribution is 2.33. The van der Waals surface area contributed by atoms with Crippen LogP contribution in [0.4, 0.5) is 10.1 Å². The second kappa shape index (κ2) is 8.74. The van der Waals surface area contributed by atoms with Gasteiger partial charge in [-0.3, -0.25) is 24.6 Å². The zero-order chi connectivity index (χ0) is 25.0. The highest BCUT2D eigenvalue weighted by atomic mass is 19.1. The van der Waals surface area contributed by atoms with Gasteiger partial charge in [-0.25, -0.2) is 4.39 Å². The quantitative estimate of drug-likeness (QED) is 0.570. The number of rotatable bonds is 4. The molecule has 0 bridgehead atoms. The summed E-state index contributed by atoms with van der Waals surface area (Å²) in [5, 5.41) is 3.53. The van der Waals surface area contributed by atoms with Crippen LogP contribution in [0.2, 0.25) is 0 Å². The highest BCUT2D eigenvalue weighted by molar-refractivity contribution is 6.05. The van der Waals surface area contributed by atoms with Crippen molar-refractivity contribution >= 4 is 34.3 Å². The Morgan fingerprint density at radius 3 is 2.61 bits per heavy atom. The van der Waals surface area contributed by atoms with Crippen LogP contribution in [0.25, 0.3) is 10.9 Å². The molecule has 1 N–H and O–H groups in total. The summed E-state index contributed by atoms with van der Waals surface area (Å²) in [6.45, 7) is 4.08. The molecule has 0 radical (unpaired) electrons. The van der Waals surface area contributed by atoms with E-state index in [4.69, 9.17) is 0 Å². The van der Waals surface area contributed by atoms with E-state index in [9.17, 15) is 14.4 Å². The average molecular weight is 490 g/mol. The predicted molar refractivity (Wildman–Crippen MR) is 133 cm³/mol. The summed E-state index contributed by atoms with van der Waals surface area (Å²) in [5.41, 5.74) is 3.99. The monoisotopic (exact) mass is 489 g/mol. The predicted octanol–water partition coefficient (Wildman–Crippen LogP) is 2.40. The van der Waals surface area contributed by atoms with Gasteiger partial charge < -0.3 is 14.4 Å². The summed E-state index contributed by atoms with van der Waals surface area (Å²) in [4.78, 5) is 42.6. The smallest absolute Gasteiger partial charge is 0.255 e. The Balaban J connectivity index is 1.13. The van der Waals surface area contributed by atoms with Crippen LogP contribution >= 0.6 is 0 Å². The van der Waals surface area contributed by atoms with Gasteiger partial charge in [0.2, 0.25) is 11.8 Å². The number of imide groups is 1. The van der Waals surface area contributed by atoms with Crippen LogP contribution in [0.5, 0.6) is 0 Å². The van der Waals surface area contributed by atoms with Gasteiger partial charge >= 0.3 is 0 Å². The van der Waals surface area contributed by atoms with Crippen molar-refractivity contribution in [2.24, 2.45) is 7.05 Å². The molecular formula is C27H28FN5O3. The lowest BCUT2D eigenvalue weighted by Crippen LogP contribution is -2.52. The second-order valence-corrected chi connectivity index (χ2v) is 9.94. The number of anilines is 1. The summed E-state index contributed by atoms with van der Waals surface area (Å²) in [6, 6.07) is 11.0. The van der Waals surface area contributed by atoms with Crippen molar-refractivity contribution in [3.8, 4) is 0 Å². The maximum Gasteiger partial charge on any atom is 0.255 e. The number of piperazine rings is 1.